The second kappa shape index (κ2) is 5.34. The molecule has 0 fully saturated rings. The molecule has 0 spiro atoms. The molecule has 0 N–H and O–H groups in total. The van der Waals surface area contributed by atoms with Crippen LogP contribution in [0.15, 0.2) is 0 Å². The lowest BCUT2D eigenvalue weighted by atomic mass is 9.83. The van der Waals surface area contributed by atoms with Crippen molar-refractivity contribution in [3.63, 3.8) is 0 Å². The number of Topliss-reactive ketones (excluding diaryl/α,β-unsaturated/α-hetero) is 1. The fourth-order valence-electron chi connectivity index (χ4n) is 2.00. The summed E-state index contributed by atoms with van der Waals surface area (Å²) in [7, 11) is 0. The van der Waals surface area contributed by atoms with E-state index in [1.807, 2.05) is 0 Å². The van der Waals surface area contributed by atoms with Gasteiger partial charge in [-0.05, 0) is 31.6 Å². The van der Waals surface area contributed by atoms with E-state index >= 15 is 0 Å². The molecule has 0 aliphatic rings. The number of carbonyl (C=O) groups excluding carboxylic acids is 1. The van der Waals surface area contributed by atoms with Gasteiger partial charge in [-0.2, -0.15) is 0 Å². The van der Waals surface area contributed by atoms with Gasteiger partial charge in [0.25, 0.3) is 0 Å². The molecule has 0 rings (SSSR count). The largest absolute Gasteiger partial charge is 0.300 e. The monoisotopic (exact) mass is 170 g/mol. The van der Waals surface area contributed by atoms with Crippen LogP contribution in [0.25, 0.3) is 0 Å². The molecule has 0 bridgehead atoms. The van der Waals surface area contributed by atoms with E-state index in [-0.39, 0.29) is 5.92 Å². The quantitative estimate of drug-likeness (QED) is 0.619. The van der Waals surface area contributed by atoms with E-state index in [0.29, 0.717) is 17.6 Å². The van der Waals surface area contributed by atoms with Gasteiger partial charge in [0.1, 0.15) is 5.78 Å². The number of hydrogen-bond acceptors (Lipinski definition) is 1. The maximum Gasteiger partial charge on any atom is 0.133 e. The first-order valence-electron chi connectivity index (χ1n) is 4.99. The molecule has 0 aliphatic carbocycles. The van der Waals surface area contributed by atoms with Crippen LogP contribution in [0.4, 0.5) is 0 Å². The van der Waals surface area contributed by atoms with E-state index in [2.05, 4.69) is 27.7 Å². The van der Waals surface area contributed by atoms with Crippen LogP contribution in [0.2, 0.25) is 0 Å². The Kier molecular flexibility index (Phi) is 5.19. The maximum atomic E-state index is 11.2. The molecule has 1 heteroatoms. The van der Waals surface area contributed by atoms with Gasteiger partial charge in [0.2, 0.25) is 0 Å². The van der Waals surface area contributed by atoms with Crippen molar-refractivity contribution in [1.82, 2.24) is 0 Å². The molecule has 2 unspecified atom stereocenters. The van der Waals surface area contributed by atoms with Crippen LogP contribution >= 0.6 is 0 Å². The third-order valence-electron chi connectivity index (χ3n) is 2.49. The van der Waals surface area contributed by atoms with Crippen LogP contribution in [0, 0.1) is 17.8 Å². The van der Waals surface area contributed by atoms with Gasteiger partial charge in [-0.1, -0.05) is 27.7 Å². The molecule has 2 atom stereocenters. The molecule has 12 heavy (non-hydrogen) atoms. The van der Waals surface area contributed by atoms with Gasteiger partial charge >= 0.3 is 0 Å². The first-order valence-corrected chi connectivity index (χ1v) is 4.99. The van der Waals surface area contributed by atoms with Crippen molar-refractivity contribution in [2.24, 2.45) is 17.8 Å². The predicted octanol–water partition coefficient (Wildman–Crippen LogP) is 3.28. The minimum absolute atomic E-state index is 0.285. The Hall–Kier alpha value is -0.330. The van der Waals surface area contributed by atoms with Crippen LogP contribution in [0.5, 0.6) is 0 Å². The second-order valence-corrected chi connectivity index (χ2v) is 4.23. The van der Waals surface area contributed by atoms with Crippen molar-refractivity contribution < 1.29 is 4.79 Å². The normalized spacial score (nSPS) is 16.2. The lowest BCUT2D eigenvalue weighted by Crippen LogP contribution is -2.20. The van der Waals surface area contributed by atoms with Crippen molar-refractivity contribution in [3.05, 3.63) is 0 Å². The summed E-state index contributed by atoms with van der Waals surface area (Å²) in [6.07, 6.45) is 2.15. The first-order chi connectivity index (χ1) is 5.49. The molecule has 0 aliphatic heterocycles. The molecule has 0 aromatic carbocycles. The minimum atomic E-state index is 0.285. The summed E-state index contributed by atoms with van der Waals surface area (Å²) in [5, 5.41) is 0. The summed E-state index contributed by atoms with van der Waals surface area (Å²) in [6.45, 7) is 10.4. The highest BCUT2D eigenvalue weighted by molar-refractivity contribution is 5.78. The average Bonchev–Trinajstić information content (AvgIpc) is 1.85. The third-order valence-corrected chi connectivity index (χ3v) is 2.49. The molecular weight excluding hydrogens is 148 g/mol. The van der Waals surface area contributed by atoms with Gasteiger partial charge in [0.15, 0.2) is 0 Å². The molecule has 0 heterocycles. The zero-order valence-electron chi connectivity index (χ0n) is 9.05. The van der Waals surface area contributed by atoms with Crippen LogP contribution < -0.4 is 0 Å². The van der Waals surface area contributed by atoms with E-state index < -0.39 is 0 Å². The van der Waals surface area contributed by atoms with E-state index in [9.17, 15) is 4.79 Å². The Morgan fingerprint density at radius 2 is 1.75 bits per heavy atom. The highest BCUT2D eigenvalue weighted by atomic mass is 16.1. The van der Waals surface area contributed by atoms with Crippen molar-refractivity contribution in [1.29, 1.82) is 0 Å². The predicted molar refractivity (Wildman–Crippen MR) is 53.1 cm³/mol. The first kappa shape index (κ1) is 11.7. The number of carbonyl (C=O) groups is 1. The van der Waals surface area contributed by atoms with Gasteiger partial charge in [-0.25, -0.2) is 0 Å². The number of rotatable bonds is 5. The summed E-state index contributed by atoms with van der Waals surface area (Å²) in [5.74, 6) is 1.89. The lowest BCUT2D eigenvalue weighted by molar-refractivity contribution is -0.122. The molecule has 1 nitrogen and oxygen atoms in total. The van der Waals surface area contributed by atoms with Crippen molar-refractivity contribution >= 4 is 5.78 Å². The highest BCUT2D eigenvalue weighted by Crippen LogP contribution is 2.23. The number of ketones is 1. The Balaban J connectivity index is 4.02. The summed E-state index contributed by atoms with van der Waals surface area (Å²) < 4.78 is 0. The lowest BCUT2D eigenvalue weighted by Gasteiger charge is -2.21. The van der Waals surface area contributed by atoms with E-state index in [0.717, 1.165) is 12.8 Å². The number of hydrogen-bond donors (Lipinski definition) is 0. The van der Waals surface area contributed by atoms with Gasteiger partial charge in [0, 0.05) is 5.92 Å². The molecule has 72 valence electrons. The molecule has 0 saturated heterocycles. The van der Waals surface area contributed by atoms with E-state index in [1.54, 1.807) is 6.92 Å². The molecule has 0 aromatic rings. The zero-order valence-corrected chi connectivity index (χ0v) is 9.05. The Bertz CT molecular complexity index is 138. The molecule has 0 aromatic heterocycles. The van der Waals surface area contributed by atoms with Crippen molar-refractivity contribution in [3.8, 4) is 0 Å². The smallest absolute Gasteiger partial charge is 0.133 e. The second-order valence-electron chi connectivity index (χ2n) is 4.23. The van der Waals surface area contributed by atoms with Crippen LogP contribution in [0.1, 0.15) is 47.5 Å². The van der Waals surface area contributed by atoms with Gasteiger partial charge in [-0.15, -0.1) is 0 Å². The SMILES string of the molecule is CCC(C(C)=O)C(C)CC(C)C. The summed E-state index contributed by atoms with van der Waals surface area (Å²) in [6, 6.07) is 0. The summed E-state index contributed by atoms with van der Waals surface area (Å²) in [5.41, 5.74) is 0. The van der Waals surface area contributed by atoms with Crippen LogP contribution in [-0.4, -0.2) is 5.78 Å². The van der Waals surface area contributed by atoms with Gasteiger partial charge in [0.05, 0.1) is 0 Å². The summed E-state index contributed by atoms with van der Waals surface area (Å²) in [4.78, 5) is 11.2. The standard InChI is InChI=1S/C11H22O/c1-6-11(10(5)12)9(4)7-8(2)3/h8-9,11H,6-7H2,1-5H3. The van der Waals surface area contributed by atoms with Crippen LogP contribution in [0.3, 0.4) is 0 Å². The summed E-state index contributed by atoms with van der Waals surface area (Å²) >= 11 is 0. The maximum absolute atomic E-state index is 11.2. The molecule has 0 amide bonds. The highest BCUT2D eigenvalue weighted by Gasteiger charge is 2.20. The Morgan fingerprint density at radius 1 is 1.25 bits per heavy atom. The fourth-order valence-corrected chi connectivity index (χ4v) is 2.00. The Labute approximate surface area is 76.6 Å². The minimum Gasteiger partial charge on any atom is -0.300 e. The Morgan fingerprint density at radius 3 is 2.00 bits per heavy atom. The van der Waals surface area contributed by atoms with Gasteiger partial charge < -0.3 is 0 Å². The van der Waals surface area contributed by atoms with Gasteiger partial charge in [-0.3, -0.25) is 4.79 Å². The van der Waals surface area contributed by atoms with Crippen LogP contribution in [-0.2, 0) is 4.79 Å². The average molecular weight is 170 g/mol. The fraction of sp³-hybridized carbons (Fsp3) is 0.909. The van der Waals surface area contributed by atoms with E-state index in [1.165, 1.54) is 0 Å². The molecule has 0 saturated carbocycles. The topological polar surface area (TPSA) is 17.1 Å². The zero-order chi connectivity index (χ0) is 9.72. The third kappa shape index (κ3) is 3.89. The molecular formula is C11H22O. The van der Waals surface area contributed by atoms with Crippen molar-refractivity contribution in [2.75, 3.05) is 0 Å². The van der Waals surface area contributed by atoms with Crippen molar-refractivity contribution in [2.45, 2.75) is 47.5 Å². The molecule has 0 radical (unpaired) electrons. The van der Waals surface area contributed by atoms with E-state index in [4.69, 9.17) is 0 Å².